The van der Waals surface area contributed by atoms with Crippen molar-refractivity contribution in [2.24, 2.45) is 17.8 Å². The van der Waals surface area contributed by atoms with E-state index in [0.717, 1.165) is 18.0 Å². The van der Waals surface area contributed by atoms with Gasteiger partial charge in [0.25, 0.3) is 0 Å². The summed E-state index contributed by atoms with van der Waals surface area (Å²) in [4.78, 5) is 15.2. The zero-order valence-corrected chi connectivity index (χ0v) is 15.5. The summed E-state index contributed by atoms with van der Waals surface area (Å²) in [5.41, 5.74) is 2.21. The Morgan fingerprint density at radius 3 is 2.20 bits per heavy atom. The highest BCUT2D eigenvalue weighted by Gasteiger charge is 2.39. The zero-order valence-electron chi connectivity index (χ0n) is 15.5. The fraction of sp³-hybridized carbons (Fsp3) is 0.409. The van der Waals surface area contributed by atoms with E-state index in [1.54, 1.807) is 7.11 Å². The van der Waals surface area contributed by atoms with Crippen LogP contribution < -0.4 is 9.64 Å². The molecule has 2 aromatic carbocycles. The van der Waals surface area contributed by atoms with Crippen LogP contribution in [0.5, 0.6) is 5.75 Å². The Morgan fingerprint density at radius 1 is 0.960 bits per heavy atom. The molecule has 0 radical (unpaired) electrons. The molecule has 0 spiro atoms. The normalized spacial score (nSPS) is 27.0. The summed E-state index contributed by atoms with van der Waals surface area (Å²) in [5.74, 6) is 2.06. The first-order valence-electron chi connectivity index (χ1n) is 9.03. The second-order valence-corrected chi connectivity index (χ2v) is 7.21. The molecule has 132 valence electrons. The summed E-state index contributed by atoms with van der Waals surface area (Å²) < 4.78 is 5.24. The monoisotopic (exact) mass is 337 g/mol. The summed E-state index contributed by atoms with van der Waals surface area (Å²) in [5, 5.41) is 0. The number of rotatable bonds is 3. The van der Waals surface area contributed by atoms with Gasteiger partial charge >= 0.3 is 0 Å². The minimum atomic E-state index is -0.0514. The average molecular weight is 337 g/mol. The SMILES string of the molecule is COc1ccc(N2CC(C)[C@@H](C)[C@H](c3ccccc3)[C@@H](C)C2=O)cc1. The number of benzene rings is 2. The van der Waals surface area contributed by atoms with Gasteiger partial charge in [-0.05, 0) is 47.6 Å². The first kappa shape index (κ1) is 17.5. The molecule has 1 aliphatic rings. The number of anilines is 1. The Bertz CT molecular complexity index is 711. The lowest BCUT2D eigenvalue weighted by Crippen LogP contribution is -2.36. The van der Waals surface area contributed by atoms with Crippen molar-refractivity contribution in [2.75, 3.05) is 18.6 Å². The average Bonchev–Trinajstić information content (AvgIpc) is 2.73. The maximum absolute atomic E-state index is 13.3. The molecule has 3 nitrogen and oxygen atoms in total. The second-order valence-electron chi connectivity index (χ2n) is 7.21. The number of methoxy groups -OCH3 is 1. The maximum Gasteiger partial charge on any atom is 0.230 e. The van der Waals surface area contributed by atoms with Gasteiger partial charge in [-0.3, -0.25) is 4.79 Å². The van der Waals surface area contributed by atoms with Gasteiger partial charge in [-0.2, -0.15) is 0 Å². The lowest BCUT2D eigenvalue weighted by Gasteiger charge is -2.29. The largest absolute Gasteiger partial charge is 0.497 e. The Kier molecular flexibility index (Phi) is 5.12. The van der Waals surface area contributed by atoms with Crippen LogP contribution in [0.1, 0.15) is 32.3 Å². The number of ether oxygens (including phenoxy) is 1. The molecule has 1 fully saturated rings. The minimum absolute atomic E-state index is 0.0514. The van der Waals surface area contributed by atoms with Crippen LogP contribution >= 0.6 is 0 Å². The Balaban J connectivity index is 1.95. The van der Waals surface area contributed by atoms with Gasteiger partial charge in [0.05, 0.1) is 7.11 Å². The van der Waals surface area contributed by atoms with Crippen LogP contribution in [0, 0.1) is 17.8 Å². The molecule has 1 aliphatic heterocycles. The summed E-state index contributed by atoms with van der Waals surface area (Å²) >= 11 is 0. The van der Waals surface area contributed by atoms with E-state index in [9.17, 15) is 4.79 Å². The minimum Gasteiger partial charge on any atom is -0.497 e. The van der Waals surface area contributed by atoms with Crippen molar-refractivity contribution in [3.05, 3.63) is 60.2 Å². The maximum atomic E-state index is 13.3. The molecule has 4 atom stereocenters. The lowest BCUT2D eigenvalue weighted by atomic mass is 9.74. The molecule has 3 rings (SSSR count). The Hall–Kier alpha value is -2.29. The van der Waals surface area contributed by atoms with Crippen LogP contribution in [0.2, 0.25) is 0 Å². The molecular weight excluding hydrogens is 310 g/mol. The third-order valence-electron chi connectivity index (χ3n) is 5.70. The van der Waals surface area contributed by atoms with Crippen LogP contribution in [-0.2, 0) is 4.79 Å². The molecular formula is C22H27NO2. The number of hydrogen-bond acceptors (Lipinski definition) is 2. The summed E-state index contributed by atoms with van der Waals surface area (Å²) in [7, 11) is 1.66. The van der Waals surface area contributed by atoms with Crippen LogP contribution in [0.3, 0.4) is 0 Å². The fourth-order valence-corrected chi connectivity index (χ4v) is 4.02. The van der Waals surface area contributed by atoms with Crippen molar-refractivity contribution in [1.29, 1.82) is 0 Å². The van der Waals surface area contributed by atoms with Gasteiger partial charge in [-0.15, -0.1) is 0 Å². The van der Waals surface area contributed by atoms with Crippen molar-refractivity contribution in [1.82, 2.24) is 0 Å². The molecule has 0 saturated carbocycles. The molecule has 2 aromatic rings. The van der Waals surface area contributed by atoms with E-state index < -0.39 is 0 Å². The van der Waals surface area contributed by atoms with E-state index >= 15 is 0 Å². The first-order chi connectivity index (χ1) is 12.0. The topological polar surface area (TPSA) is 29.5 Å². The van der Waals surface area contributed by atoms with Crippen molar-refractivity contribution in [3.63, 3.8) is 0 Å². The number of amides is 1. The number of carbonyl (C=O) groups is 1. The van der Waals surface area contributed by atoms with E-state index in [1.165, 1.54) is 5.56 Å². The molecule has 25 heavy (non-hydrogen) atoms. The zero-order chi connectivity index (χ0) is 18.0. The van der Waals surface area contributed by atoms with Crippen LogP contribution in [-0.4, -0.2) is 19.6 Å². The van der Waals surface area contributed by atoms with Crippen molar-refractivity contribution in [2.45, 2.75) is 26.7 Å². The van der Waals surface area contributed by atoms with Gasteiger partial charge < -0.3 is 9.64 Å². The molecule has 0 aliphatic carbocycles. The molecule has 1 amide bonds. The van der Waals surface area contributed by atoms with Gasteiger partial charge in [0.15, 0.2) is 0 Å². The van der Waals surface area contributed by atoms with Crippen LogP contribution in [0.15, 0.2) is 54.6 Å². The van der Waals surface area contributed by atoms with E-state index in [2.05, 4.69) is 45.0 Å². The molecule has 3 heteroatoms. The predicted molar refractivity (Wildman–Crippen MR) is 102 cm³/mol. The third kappa shape index (κ3) is 3.41. The van der Waals surface area contributed by atoms with Gasteiger partial charge in [0.1, 0.15) is 5.75 Å². The quantitative estimate of drug-likeness (QED) is 0.810. The van der Waals surface area contributed by atoms with Gasteiger partial charge in [0, 0.05) is 18.2 Å². The summed E-state index contributed by atoms with van der Waals surface area (Å²) in [6, 6.07) is 18.3. The molecule has 1 heterocycles. The van der Waals surface area contributed by atoms with Gasteiger partial charge in [-0.1, -0.05) is 51.1 Å². The number of nitrogens with zero attached hydrogens (tertiary/aromatic N) is 1. The van der Waals surface area contributed by atoms with Crippen molar-refractivity contribution < 1.29 is 9.53 Å². The molecule has 0 N–H and O–H groups in total. The first-order valence-corrected chi connectivity index (χ1v) is 9.03. The molecule has 0 bridgehead atoms. The smallest absolute Gasteiger partial charge is 0.230 e. The third-order valence-corrected chi connectivity index (χ3v) is 5.70. The lowest BCUT2D eigenvalue weighted by molar-refractivity contribution is -0.122. The van der Waals surface area contributed by atoms with Crippen LogP contribution in [0.25, 0.3) is 0 Å². The second kappa shape index (κ2) is 7.30. The molecule has 1 saturated heterocycles. The highest BCUT2D eigenvalue weighted by molar-refractivity contribution is 5.95. The number of carbonyl (C=O) groups excluding carboxylic acids is 1. The highest BCUT2D eigenvalue weighted by Crippen LogP contribution is 2.41. The van der Waals surface area contributed by atoms with Gasteiger partial charge in [0.2, 0.25) is 5.91 Å². The van der Waals surface area contributed by atoms with E-state index in [0.29, 0.717) is 11.8 Å². The van der Waals surface area contributed by atoms with E-state index in [4.69, 9.17) is 4.74 Å². The van der Waals surface area contributed by atoms with Crippen molar-refractivity contribution >= 4 is 11.6 Å². The summed E-state index contributed by atoms with van der Waals surface area (Å²) in [6.07, 6.45) is 0. The van der Waals surface area contributed by atoms with Gasteiger partial charge in [-0.25, -0.2) is 0 Å². The molecule has 1 unspecified atom stereocenters. The molecule has 0 aromatic heterocycles. The standard InChI is InChI=1S/C22H27NO2/c1-15-14-23(19-10-12-20(25-4)13-11-19)22(24)17(3)21(16(15)2)18-8-6-5-7-9-18/h5-13,15-17,21H,14H2,1-4H3/t15?,16-,17-,21+/m1/s1. The van der Waals surface area contributed by atoms with Crippen LogP contribution in [0.4, 0.5) is 5.69 Å². The highest BCUT2D eigenvalue weighted by atomic mass is 16.5. The van der Waals surface area contributed by atoms with E-state index in [1.807, 2.05) is 35.2 Å². The Labute approximate surface area is 150 Å². The number of hydrogen-bond donors (Lipinski definition) is 0. The Morgan fingerprint density at radius 2 is 1.60 bits per heavy atom. The predicted octanol–water partition coefficient (Wildman–Crippen LogP) is 4.73. The van der Waals surface area contributed by atoms with E-state index in [-0.39, 0.29) is 17.7 Å². The van der Waals surface area contributed by atoms with Crippen molar-refractivity contribution in [3.8, 4) is 5.75 Å². The fourth-order valence-electron chi connectivity index (χ4n) is 4.02. The summed E-state index contributed by atoms with van der Waals surface area (Å²) in [6.45, 7) is 7.36.